The van der Waals surface area contributed by atoms with Crippen LogP contribution in [-0.2, 0) is 10.0 Å². The molecule has 0 aliphatic carbocycles. The van der Waals surface area contributed by atoms with Crippen molar-refractivity contribution >= 4 is 21.4 Å². The Bertz CT molecular complexity index is 798. The van der Waals surface area contributed by atoms with E-state index >= 15 is 0 Å². The van der Waals surface area contributed by atoms with Gasteiger partial charge in [-0.2, -0.15) is 4.31 Å². The Morgan fingerprint density at radius 1 is 1.14 bits per heavy atom. The summed E-state index contributed by atoms with van der Waals surface area (Å²) in [4.78, 5) is 13.5. The van der Waals surface area contributed by atoms with Gasteiger partial charge in [-0.25, -0.2) is 8.42 Å². The largest absolute Gasteiger partial charge is 0.377 e. The summed E-state index contributed by atoms with van der Waals surface area (Å²) in [5.41, 5.74) is 0.218. The van der Waals surface area contributed by atoms with E-state index in [4.69, 9.17) is 0 Å². The zero-order valence-corrected chi connectivity index (χ0v) is 17.5. The average molecular weight is 411 g/mol. The lowest BCUT2D eigenvalue weighted by molar-refractivity contribution is -0.384. The molecule has 0 radical (unpaired) electrons. The van der Waals surface area contributed by atoms with Crippen LogP contribution in [0.25, 0.3) is 0 Å². The quantitative estimate of drug-likeness (QED) is 0.572. The minimum absolute atomic E-state index is 0.0000975. The number of nitrogens with zero attached hydrogens (tertiary/aromatic N) is 3. The highest BCUT2D eigenvalue weighted by atomic mass is 32.2. The molecule has 1 N–H and O–H groups in total. The molecule has 0 atom stereocenters. The third kappa shape index (κ3) is 4.64. The third-order valence-electron chi connectivity index (χ3n) is 5.94. The maximum absolute atomic E-state index is 12.9. The van der Waals surface area contributed by atoms with Gasteiger partial charge in [0, 0.05) is 38.3 Å². The van der Waals surface area contributed by atoms with Crippen LogP contribution in [0.15, 0.2) is 23.1 Å². The van der Waals surface area contributed by atoms with Crippen molar-refractivity contribution in [2.45, 2.75) is 50.5 Å². The normalized spacial score (nSPS) is 20.9. The first-order chi connectivity index (χ1) is 13.3. The Kier molecular flexibility index (Phi) is 6.57. The van der Waals surface area contributed by atoms with Crippen LogP contribution in [0.2, 0.25) is 0 Å². The van der Waals surface area contributed by atoms with E-state index in [1.807, 2.05) is 0 Å². The van der Waals surface area contributed by atoms with Gasteiger partial charge < -0.3 is 10.2 Å². The lowest BCUT2D eigenvalue weighted by Gasteiger charge is -2.32. The summed E-state index contributed by atoms with van der Waals surface area (Å²) in [7, 11) is -3.71. The van der Waals surface area contributed by atoms with Gasteiger partial charge in [-0.05, 0) is 50.3 Å². The number of benzene rings is 1. The summed E-state index contributed by atoms with van der Waals surface area (Å²) < 4.78 is 27.3. The second-order valence-electron chi connectivity index (χ2n) is 7.88. The number of rotatable bonds is 6. The van der Waals surface area contributed by atoms with E-state index < -0.39 is 14.9 Å². The topological polar surface area (TPSA) is 95.8 Å². The van der Waals surface area contributed by atoms with Gasteiger partial charge in [0.15, 0.2) is 0 Å². The average Bonchev–Trinajstić information content (AvgIpc) is 2.69. The monoisotopic (exact) mass is 410 g/mol. The molecule has 8 nitrogen and oxygen atoms in total. The maximum Gasteiger partial charge on any atom is 0.293 e. The molecule has 28 heavy (non-hydrogen) atoms. The molecule has 2 saturated heterocycles. The summed E-state index contributed by atoms with van der Waals surface area (Å²) in [5, 5.41) is 14.9. The van der Waals surface area contributed by atoms with Gasteiger partial charge in [0.2, 0.25) is 10.0 Å². The second kappa shape index (κ2) is 8.75. The molecule has 0 bridgehead atoms. The molecule has 0 saturated carbocycles. The van der Waals surface area contributed by atoms with E-state index in [0.29, 0.717) is 24.7 Å². The lowest BCUT2D eigenvalue weighted by atomic mass is 10.0. The van der Waals surface area contributed by atoms with E-state index in [1.165, 1.54) is 16.4 Å². The second-order valence-corrected chi connectivity index (χ2v) is 9.81. The molecule has 0 spiro atoms. The molecule has 1 aromatic carbocycles. The molecular formula is C19H30N4O4S. The summed E-state index contributed by atoms with van der Waals surface area (Å²) in [5.74, 6) is 0.506. The van der Waals surface area contributed by atoms with Crippen molar-refractivity contribution in [3.63, 3.8) is 0 Å². The number of sulfonamides is 1. The maximum atomic E-state index is 12.9. The lowest BCUT2D eigenvalue weighted by Crippen LogP contribution is -2.39. The number of nitro benzene ring substituents is 1. The van der Waals surface area contributed by atoms with Crippen LogP contribution in [0.4, 0.5) is 11.4 Å². The smallest absolute Gasteiger partial charge is 0.293 e. The van der Waals surface area contributed by atoms with Gasteiger partial charge in [-0.3, -0.25) is 10.1 Å². The van der Waals surface area contributed by atoms with Crippen LogP contribution in [0.5, 0.6) is 0 Å². The molecular weight excluding hydrogens is 380 g/mol. The first kappa shape index (κ1) is 21.0. The molecule has 3 rings (SSSR count). The minimum atomic E-state index is -3.71. The summed E-state index contributed by atoms with van der Waals surface area (Å²) in [6.45, 7) is 8.10. The number of nitrogens with one attached hydrogen (secondary N) is 1. The number of hydrogen-bond acceptors (Lipinski definition) is 6. The first-order valence-corrected chi connectivity index (χ1v) is 11.5. The fraction of sp³-hybridized carbons (Fsp3) is 0.684. The van der Waals surface area contributed by atoms with E-state index in [2.05, 4.69) is 24.1 Å². The van der Waals surface area contributed by atoms with Crippen molar-refractivity contribution in [1.29, 1.82) is 0 Å². The SMILES string of the molecule is CCN1CCC(Nc2ccc(S(=O)(=O)N3CCC(C)CC3)cc2[N+](=O)[O-])CC1. The minimum Gasteiger partial charge on any atom is -0.377 e. The van der Waals surface area contributed by atoms with Gasteiger partial charge in [-0.1, -0.05) is 13.8 Å². The highest BCUT2D eigenvalue weighted by Crippen LogP contribution is 2.32. The zero-order valence-electron chi connectivity index (χ0n) is 16.6. The van der Waals surface area contributed by atoms with E-state index in [0.717, 1.165) is 45.3 Å². The number of likely N-dealkylation sites (tertiary alicyclic amines) is 1. The standard InChI is InChI=1S/C19H30N4O4S/c1-3-21-10-8-16(9-11-21)20-18-5-4-17(14-19(18)23(24)25)28(26,27)22-12-6-15(2)7-13-22/h4-5,14-16,20H,3,6-13H2,1-2H3. The molecule has 2 heterocycles. The molecule has 9 heteroatoms. The molecule has 2 aliphatic rings. The van der Waals surface area contributed by atoms with Crippen LogP contribution < -0.4 is 5.32 Å². The van der Waals surface area contributed by atoms with Gasteiger partial charge in [0.25, 0.3) is 5.69 Å². The summed E-state index contributed by atoms with van der Waals surface area (Å²) in [6, 6.07) is 4.40. The van der Waals surface area contributed by atoms with E-state index in [9.17, 15) is 18.5 Å². The van der Waals surface area contributed by atoms with Gasteiger partial charge in [0.05, 0.1) is 9.82 Å². The van der Waals surface area contributed by atoms with Crippen molar-refractivity contribution in [2.24, 2.45) is 5.92 Å². The van der Waals surface area contributed by atoms with Gasteiger partial charge in [0.1, 0.15) is 5.69 Å². The Morgan fingerprint density at radius 2 is 1.79 bits per heavy atom. The van der Waals surface area contributed by atoms with Crippen LogP contribution in [0.1, 0.15) is 39.5 Å². The van der Waals surface area contributed by atoms with Gasteiger partial charge in [-0.15, -0.1) is 0 Å². The van der Waals surface area contributed by atoms with Crippen molar-refractivity contribution in [3.8, 4) is 0 Å². The predicted molar refractivity (Wildman–Crippen MR) is 109 cm³/mol. The number of anilines is 1. The number of hydrogen-bond donors (Lipinski definition) is 1. The van der Waals surface area contributed by atoms with Crippen molar-refractivity contribution in [1.82, 2.24) is 9.21 Å². The van der Waals surface area contributed by atoms with Crippen molar-refractivity contribution in [2.75, 3.05) is 38.0 Å². The fourth-order valence-electron chi connectivity index (χ4n) is 3.93. The molecule has 0 unspecified atom stereocenters. The third-order valence-corrected chi connectivity index (χ3v) is 7.84. The molecule has 0 amide bonds. The van der Waals surface area contributed by atoms with Crippen LogP contribution >= 0.6 is 0 Å². The van der Waals surface area contributed by atoms with Crippen LogP contribution in [0.3, 0.4) is 0 Å². The molecule has 2 fully saturated rings. The number of nitro groups is 1. The van der Waals surface area contributed by atoms with E-state index in [1.54, 1.807) is 6.07 Å². The van der Waals surface area contributed by atoms with Crippen molar-refractivity contribution in [3.05, 3.63) is 28.3 Å². The van der Waals surface area contributed by atoms with Crippen molar-refractivity contribution < 1.29 is 13.3 Å². The Morgan fingerprint density at radius 3 is 2.36 bits per heavy atom. The fourth-order valence-corrected chi connectivity index (χ4v) is 5.42. The highest BCUT2D eigenvalue weighted by Gasteiger charge is 2.30. The number of piperidine rings is 2. The van der Waals surface area contributed by atoms with Crippen LogP contribution in [-0.4, -0.2) is 61.3 Å². The molecule has 2 aliphatic heterocycles. The first-order valence-electron chi connectivity index (χ1n) is 10.1. The molecule has 1 aromatic rings. The van der Waals surface area contributed by atoms with Gasteiger partial charge >= 0.3 is 0 Å². The van der Waals surface area contributed by atoms with E-state index in [-0.39, 0.29) is 16.6 Å². The zero-order chi connectivity index (χ0) is 20.3. The summed E-state index contributed by atoms with van der Waals surface area (Å²) >= 11 is 0. The molecule has 0 aromatic heterocycles. The Hall–Kier alpha value is -1.71. The van der Waals surface area contributed by atoms with Crippen LogP contribution in [0, 0.1) is 16.0 Å². The Balaban J connectivity index is 1.78. The predicted octanol–water partition coefficient (Wildman–Crippen LogP) is 2.91. The summed E-state index contributed by atoms with van der Waals surface area (Å²) in [6.07, 6.45) is 3.46. The Labute approximate surface area is 167 Å². The highest BCUT2D eigenvalue weighted by molar-refractivity contribution is 7.89. The molecule has 156 valence electrons.